The number of alkyl halides is 3. The van der Waals surface area contributed by atoms with Crippen molar-refractivity contribution in [2.24, 2.45) is 0 Å². The Hall–Kier alpha value is -3.77. The minimum atomic E-state index is -4.59. The predicted molar refractivity (Wildman–Crippen MR) is 139 cm³/mol. The molecule has 1 fully saturated rings. The molecule has 0 spiro atoms. The minimum Gasteiger partial charge on any atom is -0.457 e. The smallest absolute Gasteiger partial charge is 0.416 e. The lowest BCUT2D eigenvalue weighted by atomic mass is 10.0. The Bertz CT molecular complexity index is 1470. The van der Waals surface area contributed by atoms with Gasteiger partial charge in [-0.2, -0.15) is 13.2 Å². The van der Waals surface area contributed by atoms with Crippen LogP contribution in [0.3, 0.4) is 0 Å². The summed E-state index contributed by atoms with van der Waals surface area (Å²) in [5.41, 5.74) is -0.268. The van der Waals surface area contributed by atoms with E-state index in [1.54, 1.807) is 48.5 Å². The molecule has 1 saturated heterocycles. The minimum absolute atomic E-state index is 0.0707. The van der Waals surface area contributed by atoms with Crippen LogP contribution in [0.2, 0.25) is 5.02 Å². The van der Waals surface area contributed by atoms with E-state index < -0.39 is 45.5 Å². The fourth-order valence-electron chi connectivity index (χ4n) is 4.12. The van der Waals surface area contributed by atoms with Crippen LogP contribution in [0.5, 0.6) is 11.5 Å². The van der Waals surface area contributed by atoms with Crippen LogP contribution in [-0.2, 0) is 21.0 Å². The van der Waals surface area contributed by atoms with Gasteiger partial charge in [0, 0.05) is 30.7 Å². The van der Waals surface area contributed by atoms with E-state index in [2.05, 4.69) is 0 Å². The molecule has 0 aromatic heterocycles. The van der Waals surface area contributed by atoms with E-state index >= 15 is 0 Å². The molecule has 1 N–H and O–H groups in total. The molecular weight excluding hydrogens is 559 g/mol. The SMILES string of the molecule is CC(=O)NS(=O)(=O)CCN1C[C@H](c2cccc(C(F)(F)F)c2)N(c2ccc(Oc3ccc(Cl)cc3)cc2)C1=O. The van der Waals surface area contributed by atoms with E-state index in [1.165, 1.54) is 21.9 Å². The zero-order valence-corrected chi connectivity index (χ0v) is 22.1. The highest BCUT2D eigenvalue weighted by molar-refractivity contribution is 7.90. The highest BCUT2D eigenvalue weighted by atomic mass is 35.5. The summed E-state index contributed by atoms with van der Waals surface area (Å²) in [6.45, 7) is 0.703. The zero-order valence-electron chi connectivity index (χ0n) is 20.5. The van der Waals surface area contributed by atoms with Gasteiger partial charge in [-0.15, -0.1) is 0 Å². The van der Waals surface area contributed by atoms with Crippen LogP contribution < -0.4 is 14.4 Å². The van der Waals surface area contributed by atoms with Crippen molar-refractivity contribution in [2.75, 3.05) is 23.7 Å². The third-order valence-corrected chi connectivity index (χ3v) is 7.44. The second-order valence-corrected chi connectivity index (χ2v) is 11.0. The Morgan fingerprint density at radius 1 is 1.05 bits per heavy atom. The third kappa shape index (κ3) is 7.01. The number of nitrogens with one attached hydrogen (secondary N) is 1. The molecule has 0 saturated carbocycles. The van der Waals surface area contributed by atoms with Crippen LogP contribution in [-0.4, -0.2) is 44.1 Å². The van der Waals surface area contributed by atoms with E-state index in [0.29, 0.717) is 22.2 Å². The van der Waals surface area contributed by atoms with Gasteiger partial charge in [-0.1, -0.05) is 23.7 Å². The monoisotopic (exact) mass is 581 g/mol. The first-order chi connectivity index (χ1) is 18.3. The fourth-order valence-corrected chi connectivity index (χ4v) is 5.25. The number of hydrogen-bond donors (Lipinski definition) is 1. The molecular formula is C26H23ClF3N3O5S. The maximum Gasteiger partial charge on any atom is 0.416 e. The van der Waals surface area contributed by atoms with Gasteiger partial charge in [0.1, 0.15) is 11.5 Å². The molecule has 206 valence electrons. The molecule has 8 nitrogen and oxygen atoms in total. The summed E-state index contributed by atoms with van der Waals surface area (Å²) in [6, 6.07) is 16.3. The van der Waals surface area contributed by atoms with Gasteiger partial charge in [0.25, 0.3) is 0 Å². The van der Waals surface area contributed by atoms with Crippen molar-refractivity contribution in [1.29, 1.82) is 0 Å². The average molecular weight is 582 g/mol. The Morgan fingerprint density at radius 2 is 1.67 bits per heavy atom. The molecule has 3 aromatic carbocycles. The van der Waals surface area contributed by atoms with E-state index in [1.807, 2.05) is 4.72 Å². The van der Waals surface area contributed by atoms with Crippen molar-refractivity contribution >= 4 is 39.2 Å². The van der Waals surface area contributed by atoms with Crippen LogP contribution >= 0.6 is 11.6 Å². The number of halogens is 4. The molecule has 0 unspecified atom stereocenters. The number of carbonyl (C=O) groups excluding carboxylic acids is 2. The second-order valence-electron chi connectivity index (χ2n) is 8.76. The molecule has 1 atom stereocenters. The zero-order chi connectivity index (χ0) is 28.4. The number of sulfonamides is 1. The summed E-state index contributed by atoms with van der Waals surface area (Å²) >= 11 is 5.89. The number of amides is 3. The van der Waals surface area contributed by atoms with Crippen molar-refractivity contribution in [3.05, 3.63) is 88.9 Å². The first kappa shape index (κ1) is 28.2. The number of anilines is 1. The molecule has 1 aliphatic heterocycles. The van der Waals surface area contributed by atoms with Crippen molar-refractivity contribution in [2.45, 2.75) is 19.1 Å². The lowest BCUT2D eigenvalue weighted by Gasteiger charge is -2.24. The van der Waals surface area contributed by atoms with Crippen LogP contribution in [0.25, 0.3) is 0 Å². The van der Waals surface area contributed by atoms with Crippen molar-refractivity contribution in [1.82, 2.24) is 9.62 Å². The quantitative estimate of drug-likeness (QED) is 0.374. The van der Waals surface area contributed by atoms with Gasteiger partial charge in [-0.25, -0.2) is 13.2 Å². The summed E-state index contributed by atoms with van der Waals surface area (Å²) in [7, 11) is -4.01. The Labute approximate surface area is 228 Å². The van der Waals surface area contributed by atoms with Gasteiger partial charge in [0.15, 0.2) is 0 Å². The highest BCUT2D eigenvalue weighted by Gasteiger charge is 2.40. The first-order valence-corrected chi connectivity index (χ1v) is 13.7. The largest absolute Gasteiger partial charge is 0.457 e. The van der Waals surface area contributed by atoms with E-state index in [-0.39, 0.29) is 18.7 Å². The summed E-state index contributed by atoms with van der Waals surface area (Å²) in [6.07, 6.45) is -4.59. The maximum absolute atomic E-state index is 13.4. The topological polar surface area (TPSA) is 96.0 Å². The number of carbonyl (C=O) groups is 2. The number of nitrogens with zero attached hydrogens (tertiary/aromatic N) is 2. The Morgan fingerprint density at radius 3 is 2.26 bits per heavy atom. The average Bonchev–Trinajstić information content (AvgIpc) is 3.20. The molecule has 4 rings (SSSR count). The first-order valence-electron chi connectivity index (χ1n) is 11.6. The van der Waals surface area contributed by atoms with Crippen molar-refractivity contribution < 1.29 is 35.9 Å². The van der Waals surface area contributed by atoms with Gasteiger partial charge in [0.2, 0.25) is 15.9 Å². The van der Waals surface area contributed by atoms with Gasteiger partial charge in [-0.3, -0.25) is 14.4 Å². The third-order valence-electron chi connectivity index (χ3n) is 5.87. The number of benzene rings is 3. The molecule has 0 radical (unpaired) electrons. The molecule has 3 aromatic rings. The van der Waals surface area contributed by atoms with Crippen molar-refractivity contribution in [3.8, 4) is 11.5 Å². The fraction of sp³-hybridized carbons (Fsp3) is 0.231. The summed E-state index contributed by atoms with van der Waals surface area (Å²) < 4.78 is 72.1. The summed E-state index contributed by atoms with van der Waals surface area (Å²) in [4.78, 5) is 27.1. The van der Waals surface area contributed by atoms with E-state index in [0.717, 1.165) is 19.1 Å². The van der Waals surface area contributed by atoms with Gasteiger partial charge >= 0.3 is 12.2 Å². The molecule has 0 aliphatic carbocycles. The van der Waals surface area contributed by atoms with Gasteiger partial charge in [0.05, 0.1) is 17.4 Å². The number of urea groups is 1. The van der Waals surface area contributed by atoms with Gasteiger partial charge < -0.3 is 9.64 Å². The molecule has 3 amide bonds. The lowest BCUT2D eigenvalue weighted by molar-refractivity contribution is -0.137. The Kier molecular flexibility index (Phi) is 8.07. The second kappa shape index (κ2) is 11.1. The van der Waals surface area contributed by atoms with Crippen LogP contribution in [0.4, 0.5) is 23.7 Å². The number of rotatable bonds is 8. The predicted octanol–water partition coefficient (Wildman–Crippen LogP) is 5.60. The maximum atomic E-state index is 13.4. The van der Waals surface area contributed by atoms with E-state index in [9.17, 15) is 31.2 Å². The van der Waals surface area contributed by atoms with Gasteiger partial charge in [-0.05, 0) is 66.2 Å². The molecule has 13 heteroatoms. The normalized spacial score (nSPS) is 15.9. The van der Waals surface area contributed by atoms with Crippen LogP contribution in [0.15, 0.2) is 72.8 Å². The number of hydrogen-bond acceptors (Lipinski definition) is 5. The molecule has 1 heterocycles. The summed E-state index contributed by atoms with van der Waals surface area (Å²) in [5.74, 6) is -0.360. The standard InChI is InChI=1S/C26H23ClF3N3O5S/c1-17(34)31-39(36,37)14-13-32-16-24(18-3-2-4-19(15-18)26(28,29)30)33(25(32)35)21-7-11-23(12-8-21)38-22-9-5-20(27)6-10-22/h2-12,15,24H,13-14,16H2,1H3,(H,31,34)/t24-/m1/s1. The van der Waals surface area contributed by atoms with Crippen LogP contribution in [0, 0.1) is 0 Å². The Balaban J connectivity index is 1.62. The molecule has 39 heavy (non-hydrogen) atoms. The summed E-state index contributed by atoms with van der Waals surface area (Å²) in [5, 5.41) is 0.542. The van der Waals surface area contributed by atoms with Crippen molar-refractivity contribution in [3.63, 3.8) is 0 Å². The lowest BCUT2D eigenvalue weighted by Crippen LogP contribution is -2.38. The molecule has 0 bridgehead atoms. The highest BCUT2D eigenvalue weighted by Crippen LogP contribution is 2.38. The van der Waals surface area contributed by atoms with E-state index in [4.69, 9.17) is 16.3 Å². The molecule has 1 aliphatic rings. The van der Waals surface area contributed by atoms with Crippen LogP contribution in [0.1, 0.15) is 24.1 Å². The number of ether oxygens (including phenoxy) is 1.